The lowest BCUT2D eigenvalue weighted by Gasteiger charge is -2.21. The summed E-state index contributed by atoms with van der Waals surface area (Å²) < 4.78 is 17.9. The summed E-state index contributed by atoms with van der Waals surface area (Å²) in [5.41, 5.74) is 2.76. The predicted octanol–water partition coefficient (Wildman–Crippen LogP) is 2.44. The van der Waals surface area contributed by atoms with E-state index in [1.165, 1.54) is 31.4 Å². The second kappa shape index (κ2) is 6.70. The minimum absolute atomic E-state index is 0.128. The van der Waals surface area contributed by atoms with Crippen LogP contribution in [0, 0.1) is 5.82 Å². The number of ether oxygens (including phenoxy) is 1. The van der Waals surface area contributed by atoms with Crippen LogP contribution in [0.1, 0.15) is 27.5 Å². The van der Waals surface area contributed by atoms with E-state index in [0.717, 1.165) is 12.0 Å². The molecule has 1 heterocycles. The molecule has 1 aliphatic heterocycles. The first kappa shape index (κ1) is 16.0. The average Bonchev–Trinajstić information content (AvgIpc) is 2.60. The summed E-state index contributed by atoms with van der Waals surface area (Å²) >= 11 is 0. The largest absolute Gasteiger partial charge is 0.467 e. The van der Waals surface area contributed by atoms with Crippen LogP contribution in [0.3, 0.4) is 0 Å². The number of hydrogen-bond acceptors (Lipinski definition) is 4. The molecule has 0 aromatic heterocycles. The van der Waals surface area contributed by atoms with Gasteiger partial charge < -0.3 is 15.4 Å². The number of amides is 1. The van der Waals surface area contributed by atoms with Crippen LogP contribution in [-0.4, -0.2) is 25.5 Å². The van der Waals surface area contributed by atoms with Gasteiger partial charge in [0.25, 0.3) is 5.91 Å². The number of esters is 1. The van der Waals surface area contributed by atoms with Gasteiger partial charge in [-0.25, -0.2) is 9.18 Å². The molecule has 0 radical (unpaired) electrons. The topological polar surface area (TPSA) is 67.4 Å². The lowest BCUT2D eigenvalue weighted by atomic mass is 9.99. The highest BCUT2D eigenvalue weighted by Crippen LogP contribution is 2.24. The molecule has 2 aromatic carbocycles. The minimum atomic E-state index is -0.791. The summed E-state index contributed by atoms with van der Waals surface area (Å²) in [6.07, 6.45) is 0.778. The van der Waals surface area contributed by atoms with E-state index in [0.29, 0.717) is 23.4 Å². The molecule has 0 bridgehead atoms. The molecule has 1 amide bonds. The normalized spacial score (nSPS) is 14.3. The van der Waals surface area contributed by atoms with Crippen molar-refractivity contribution >= 4 is 17.6 Å². The number of hydrogen-bond donors (Lipinski definition) is 2. The number of halogens is 1. The van der Waals surface area contributed by atoms with E-state index in [1.807, 2.05) is 12.1 Å². The third-order valence-corrected chi connectivity index (χ3v) is 3.99. The van der Waals surface area contributed by atoms with Crippen LogP contribution in [0.5, 0.6) is 0 Å². The van der Waals surface area contributed by atoms with Gasteiger partial charge in [0.2, 0.25) is 0 Å². The van der Waals surface area contributed by atoms with Crippen LogP contribution in [0.4, 0.5) is 10.1 Å². The Bertz CT molecular complexity index is 774. The van der Waals surface area contributed by atoms with Gasteiger partial charge in [0, 0.05) is 17.8 Å². The molecule has 2 N–H and O–H groups in total. The van der Waals surface area contributed by atoms with Gasteiger partial charge in [0.1, 0.15) is 5.82 Å². The fourth-order valence-electron chi connectivity index (χ4n) is 2.72. The highest BCUT2D eigenvalue weighted by molar-refractivity contribution is 5.97. The van der Waals surface area contributed by atoms with E-state index in [4.69, 9.17) is 4.74 Å². The van der Waals surface area contributed by atoms with Crippen molar-refractivity contribution < 1.29 is 18.7 Å². The number of anilines is 1. The standard InChI is InChI=1S/C18H17FN2O3/c1-24-18(23)16(12-2-5-13(19)6-3-12)21-14-7-4-11-8-9-20-17(22)15(11)10-14/h2-7,10,16,21H,8-9H2,1H3,(H,20,22). The van der Waals surface area contributed by atoms with Crippen LogP contribution in [-0.2, 0) is 16.0 Å². The number of methoxy groups -OCH3 is 1. The molecule has 24 heavy (non-hydrogen) atoms. The van der Waals surface area contributed by atoms with E-state index < -0.39 is 12.0 Å². The third kappa shape index (κ3) is 3.22. The Labute approximate surface area is 138 Å². The molecule has 0 aliphatic carbocycles. The predicted molar refractivity (Wildman–Crippen MR) is 87.3 cm³/mol. The van der Waals surface area contributed by atoms with Crippen molar-refractivity contribution in [3.05, 3.63) is 65.0 Å². The Morgan fingerprint density at radius 2 is 2.00 bits per heavy atom. The number of benzene rings is 2. The third-order valence-electron chi connectivity index (χ3n) is 3.99. The minimum Gasteiger partial charge on any atom is -0.467 e. The SMILES string of the molecule is COC(=O)C(Nc1ccc2c(c1)C(=O)NCC2)c1ccc(F)cc1. The zero-order valence-electron chi connectivity index (χ0n) is 13.1. The molecule has 0 spiro atoms. The Kier molecular flexibility index (Phi) is 4.46. The summed E-state index contributed by atoms with van der Waals surface area (Å²) in [7, 11) is 1.29. The van der Waals surface area contributed by atoms with Gasteiger partial charge in [0.15, 0.2) is 6.04 Å². The molecule has 124 valence electrons. The summed E-state index contributed by atoms with van der Waals surface area (Å²) in [6, 6.07) is 10.2. The fraction of sp³-hybridized carbons (Fsp3) is 0.222. The number of carbonyl (C=O) groups is 2. The quantitative estimate of drug-likeness (QED) is 0.846. The Morgan fingerprint density at radius 3 is 2.71 bits per heavy atom. The molecule has 1 aliphatic rings. The van der Waals surface area contributed by atoms with Crippen molar-refractivity contribution in [3.8, 4) is 0 Å². The number of nitrogens with one attached hydrogen (secondary N) is 2. The molecular formula is C18H17FN2O3. The molecular weight excluding hydrogens is 311 g/mol. The Morgan fingerprint density at radius 1 is 1.25 bits per heavy atom. The van der Waals surface area contributed by atoms with Gasteiger partial charge in [-0.3, -0.25) is 4.79 Å². The maximum Gasteiger partial charge on any atom is 0.332 e. The van der Waals surface area contributed by atoms with E-state index >= 15 is 0 Å². The Hall–Kier alpha value is -2.89. The molecule has 2 aromatic rings. The van der Waals surface area contributed by atoms with E-state index in [9.17, 15) is 14.0 Å². The molecule has 0 saturated heterocycles. The van der Waals surface area contributed by atoms with Crippen LogP contribution in [0.15, 0.2) is 42.5 Å². The zero-order valence-corrected chi connectivity index (χ0v) is 13.1. The molecule has 0 fully saturated rings. The lowest BCUT2D eigenvalue weighted by Crippen LogP contribution is -2.32. The first-order valence-electron chi connectivity index (χ1n) is 7.59. The fourth-order valence-corrected chi connectivity index (χ4v) is 2.72. The van der Waals surface area contributed by atoms with Crippen molar-refractivity contribution in [3.63, 3.8) is 0 Å². The van der Waals surface area contributed by atoms with Crippen molar-refractivity contribution in [1.29, 1.82) is 0 Å². The first-order chi connectivity index (χ1) is 11.6. The van der Waals surface area contributed by atoms with Gasteiger partial charge in [-0.15, -0.1) is 0 Å². The van der Waals surface area contributed by atoms with Crippen molar-refractivity contribution in [2.24, 2.45) is 0 Å². The van der Waals surface area contributed by atoms with E-state index in [1.54, 1.807) is 6.07 Å². The second-order valence-corrected chi connectivity index (χ2v) is 5.53. The molecule has 1 atom stereocenters. The van der Waals surface area contributed by atoms with E-state index in [2.05, 4.69) is 10.6 Å². The van der Waals surface area contributed by atoms with E-state index in [-0.39, 0.29) is 11.7 Å². The molecule has 0 saturated carbocycles. The van der Waals surface area contributed by atoms with Crippen LogP contribution < -0.4 is 10.6 Å². The maximum atomic E-state index is 13.1. The number of rotatable bonds is 4. The Balaban J connectivity index is 1.90. The lowest BCUT2D eigenvalue weighted by molar-refractivity contribution is -0.141. The van der Waals surface area contributed by atoms with Gasteiger partial charge in [0.05, 0.1) is 7.11 Å². The highest BCUT2D eigenvalue weighted by atomic mass is 19.1. The molecule has 5 nitrogen and oxygen atoms in total. The molecule has 6 heteroatoms. The van der Waals surface area contributed by atoms with Crippen molar-refractivity contribution in [2.75, 3.05) is 19.0 Å². The summed E-state index contributed by atoms with van der Waals surface area (Å²) in [4.78, 5) is 24.0. The van der Waals surface area contributed by atoms with Crippen LogP contribution in [0.2, 0.25) is 0 Å². The summed E-state index contributed by atoms with van der Waals surface area (Å²) in [5.74, 6) is -1.01. The second-order valence-electron chi connectivity index (χ2n) is 5.53. The highest BCUT2D eigenvalue weighted by Gasteiger charge is 2.23. The summed E-state index contributed by atoms with van der Waals surface area (Å²) in [6.45, 7) is 0.624. The van der Waals surface area contributed by atoms with Gasteiger partial charge in [-0.2, -0.15) is 0 Å². The zero-order chi connectivity index (χ0) is 17.1. The first-order valence-corrected chi connectivity index (χ1v) is 7.59. The van der Waals surface area contributed by atoms with Gasteiger partial charge in [-0.05, 0) is 41.8 Å². The maximum absolute atomic E-state index is 13.1. The monoisotopic (exact) mass is 328 g/mol. The number of fused-ring (bicyclic) bond motifs is 1. The average molecular weight is 328 g/mol. The smallest absolute Gasteiger partial charge is 0.332 e. The van der Waals surface area contributed by atoms with Crippen molar-refractivity contribution in [2.45, 2.75) is 12.5 Å². The van der Waals surface area contributed by atoms with Crippen LogP contribution in [0.25, 0.3) is 0 Å². The number of carbonyl (C=O) groups excluding carboxylic acids is 2. The van der Waals surface area contributed by atoms with Crippen molar-refractivity contribution in [1.82, 2.24) is 5.32 Å². The van der Waals surface area contributed by atoms with Gasteiger partial charge >= 0.3 is 5.97 Å². The molecule has 3 rings (SSSR count). The summed E-state index contributed by atoms with van der Waals surface area (Å²) in [5, 5.41) is 5.85. The molecule has 1 unspecified atom stereocenters. The van der Waals surface area contributed by atoms with Gasteiger partial charge in [-0.1, -0.05) is 18.2 Å². The van der Waals surface area contributed by atoms with Crippen LogP contribution >= 0.6 is 0 Å².